The van der Waals surface area contributed by atoms with E-state index in [-0.39, 0.29) is 5.78 Å². The Balaban J connectivity index is 1.83. The van der Waals surface area contributed by atoms with E-state index in [0.717, 1.165) is 11.3 Å². The first-order chi connectivity index (χ1) is 9.25. The molecule has 0 aliphatic heterocycles. The van der Waals surface area contributed by atoms with Crippen molar-refractivity contribution in [1.29, 1.82) is 0 Å². The topological polar surface area (TPSA) is 17.1 Å². The minimum atomic E-state index is -0.508. The summed E-state index contributed by atoms with van der Waals surface area (Å²) in [5, 5.41) is 0. The van der Waals surface area contributed by atoms with Gasteiger partial charge in [-0.15, -0.1) is 11.6 Å². The van der Waals surface area contributed by atoms with Crippen LogP contribution in [-0.4, -0.2) is 10.5 Å². The lowest BCUT2D eigenvalue weighted by Crippen LogP contribution is -2.11. The number of ketones is 1. The fourth-order valence-electron chi connectivity index (χ4n) is 1.71. The van der Waals surface area contributed by atoms with Gasteiger partial charge in [-0.3, -0.25) is 4.79 Å². The molecule has 0 radical (unpaired) electrons. The SMILES string of the molecule is O=C(CCc1ccccc1)C(Cl)Sc1ccccc1. The molecule has 3 heteroatoms. The number of aryl methyl sites for hydroxylation is 1. The Hall–Kier alpha value is -1.25. The molecule has 2 rings (SSSR count). The third-order valence-electron chi connectivity index (χ3n) is 2.74. The summed E-state index contributed by atoms with van der Waals surface area (Å²) in [4.78, 5) is 13.0. The van der Waals surface area contributed by atoms with Gasteiger partial charge in [-0.25, -0.2) is 0 Å². The van der Waals surface area contributed by atoms with Gasteiger partial charge in [0.05, 0.1) is 0 Å². The van der Waals surface area contributed by atoms with Crippen LogP contribution in [0.25, 0.3) is 0 Å². The zero-order valence-corrected chi connectivity index (χ0v) is 12.0. The fraction of sp³-hybridized carbons (Fsp3) is 0.188. The molecule has 1 nitrogen and oxygen atoms in total. The number of hydrogen-bond acceptors (Lipinski definition) is 2. The standard InChI is InChI=1S/C16H15ClOS/c17-16(19-14-9-5-2-6-10-14)15(18)12-11-13-7-3-1-4-8-13/h1-10,16H,11-12H2. The van der Waals surface area contributed by atoms with Crippen LogP contribution in [0, 0.1) is 0 Å². The van der Waals surface area contributed by atoms with E-state index in [0.29, 0.717) is 6.42 Å². The highest BCUT2D eigenvalue weighted by Gasteiger charge is 2.16. The molecule has 0 fully saturated rings. The number of carbonyl (C=O) groups excluding carboxylic acids is 1. The van der Waals surface area contributed by atoms with Gasteiger partial charge in [-0.2, -0.15) is 0 Å². The Morgan fingerprint density at radius 2 is 1.58 bits per heavy atom. The Bertz CT molecular complexity index is 513. The minimum absolute atomic E-state index is 0.0828. The Kier molecular flexibility index (Phi) is 5.49. The van der Waals surface area contributed by atoms with E-state index in [9.17, 15) is 4.79 Å². The Morgan fingerprint density at radius 3 is 2.21 bits per heavy atom. The monoisotopic (exact) mass is 290 g/mol. The van der Waals surface area contributed by atoms with Crippen LogP contribution in [-0.2, 0) is 11.2 Å². The van der Waals surface area contributed by atoms with E-state index >= 15 is 0 Å². The summed E-state index contributed by atoms with van der Waals surface area (Å²) >= 11 is 7.55. The van der Waals surface area contributed by atoms with E-state index in [4.69, 9.17) is 11.6 Å². The maximum atomic E-state index is 12.0. The summed E-state index contributed by atoms with van der Waals surface area (Å²) < 4.78 is -0.508. The van der Waals surface area contributed by atoms with E-state index < -0.39 is 4.71 Å². The van der Waals surface area contributed by atoms with E-state index in [2.05, 4.69) is 0 Å². The first kappa shape index (κ1) is 14.2. The van der Waals surface area contributed by atoms with Gasteiger partial charge in [0.1, 0.15) is 4.71 Å². The molecule has 0 saturated carbocycles. The van der Waals surface area contributed by atoms with Crippen LogP contribution in [0.4, 0.5) is 0 Å². The van der Waals surface area contributed by atoms with Crippen molar-refractivity contribution in [3.8, 4) is 0 Å². The lowest BCUT2D eigenvalue weighted by atomic mass is 10.1. The second-order valence-electron chi connectivity index (χ2n) is 4.20. The van der Waals surface area contributed by atoms with Crippen molar-refractivity contribution in [2.75, 3.05) is 0 Å². The molecule has 0 amide bonds. The molecule has 0 saturated heterocycles. The molecule has 0 N–H and O–H groups in total. The predicted octanol–water partition coefficient (Wildman–Crippen LogP) is 4.55. The van der Waals surface area contributed by atoms with Crippen LogP contribution in [0.2, 0.25) is 0 Å². The minimum Gasteiger partial charge on any atom is -0.297 e. The van der Waals surface area contributed by atoms with Crippen molar-refractivity contribution in [2.24, 2.45) is 0 Å². The molecular weight excluding hydrogens is 276 g/mol. The molecule has 0 bridgehead atoms. The summed E-state index contributed by atoms with van der Waals surface area (Å²) in [5.74, 6) is 0.0828. The van der Waals surface area contributed by atoms with Gasteiger partial charge >= 0.3 is 0 Å². The summed E-state index contributed by atoms with van der Waals surface area (Å²) in [5.41, 5.74) is 1.17. The molecule has 0 spiro atoms. The highest BCUT2D eigenvalue weighted by Crippen LogP contribution is 2.27. The Labute approximate surface area is 123 Å². The van der Waals surface area contributed by atoms with Gasteiger partial charge in [0.25, 0.3) is 0 Å². The average Bonchev–Trinajstić information content (AvgIpc) is 2.47. The lowest BCUT2D eigenvalue weighted by Gasteiger charge is -2.08. The normalized spacial score (nSPS) is 12.1. The largest absolute Gasteiger partial charge is 0.297 e. The molecule has 0 aliphatic rings. The maximum Gasteiger partial charge on any atom is 0.161 e. The fourth-order valence-corrected chi connectivity index (χ4v) is 2.93. The number of carbonyl (C=O) groups is 1. The first-order valence-electron chi connectivity index (χ1n) is 6.18. The molecule has 2 aromatic rings. The molecule has 98 valence electrons. The highest BCUT2D eigenvalue weighted by atomic mass is 35.5. The van der Waals surface area contributed by atoms with Gasteiger partial charge in [-0.1, -0.05) is 60.3 Å². The van der Waals surface area contributed by atoms with Gasteiger partial charge in [-0.05, 0) is 24.1 Å². The summed E-state index contributed by atoms with van der Waals surface area (Å²) in [6, 6.07) is 19.8. The van der Waals surface area contributed by atoms with Gasteiger partial charge < -0.3 is 0 Å². The van der Waals surface area contributed by atoms with Crippen LogP contribution >= 0.6 is 23.4 Å². The van der Waals surface area contributed by atoms with E-state index in [1.54, 1.807) is 0 Å². The number of hydrogen-bond donors (Lipinski definition) is 0. The second kappa shape index (κ2) is 7.37. The number of rotatable bonds is 6. The van der Waals surface area contributed by atoms with Crippen molar-refractivity contribution >= 4 is 29.1 Å². The first-order valence-corrected chi connectivity index (χ1v) is 7.50. The average molecular weight is 291 g/mol. The quantitative estimate of drug-likeness (QED) is 0.574. The predicted molar refractivity (Wildman–Crippen MR) is 81.7 cm³/mol. The van der Waals surface area contributed by atoms with Gasteiger partial charge in [0.2, 0.25) is 0 Å². The molecule has 0 heterocycles. The molecule has 1 unspecified atom stereocenters. The number of Topliss-reactive ketones (excluding diaryl/α,β-unsaturated/α-hetero) is 1. The van der Waals surface area contributed by atoms with Crippen molar-refractivity contribution in [3.05, 3.63) is 66.2 Å². The van der Waals surface area contributed by atoms with Gasteiger partial charge in [0.15, 0.2) is 5.78 Å². The van der Waals surface area contributed by atoms with E-state index in [1.807, 2.05) is 60.7 Å². The summed E-state index contributed by atoms with van der Waals surface area (Å²) in [7, 11) is 0. The zero-order valence-electron chi connectivity index (χ0n) is 10.5. The lowest BCUT2D eigenvalue weighted by molar-refractivity contribution is -0.117. The van der Waals surface area contributed by atoms with Gasteiger partial charge in [0, 0.05) is 11.3 Å². The molecule has 19 heavy (non-hydrogen) atoms. The highest BCUT2D eigenvalue weighted by molar-refractivity contribution is 8.01. The molecule has 0 aromatic heterocycles. The van der Waals surface area contributed by atoms with Crippen LogP contribution in [0.5, 0.6) is 0 Å². The summed E-state index contributed by atoms with van der Waals surface area (Å²) in [6.45, 7) is 0. The van der Waals surface area contributed by atoms with Crippen LogP contribution < -0.4 is 0 Å². The van der Waals surface area contributed by atoms with Crippen molar-refractivity contribution in [1.82, 2.24) is 0 Å². The molecule has 2 aromatic carbocycles. The number of halogens is 1. The number of thioether (sulfide) groups is 1. The Morgan fingerprint density at radius 1 is 1.00 bits per heavy atom. The summed E-state index contributed by atoms with van der Waals surface area (Å²) in [6.07, 6.45) is 1.23. The van der Waals surface area contributed by atoms with Crippen molar-refractivity contribution in [3.63, 3.8) is 0 Å². The van der Waals surface area contributed by atoms with E-state index in [1.165, 1.54) is 17.3 Å². The van der Waals surface area contributed by atoms with Crippen molar-refractivity contribution in [2.45, 2.75) is 22.4 Å². The van der Waals surface area contributed by atoms with Crippen LogP contribution in [0.3, 0.4) is 0 Å². The number of alkyl halides is 1. The van der Waals surface area contributed by atoms with Crippen molar-refractivity contribution < 1.29 is 4.79 Å². The number of benzene rings is 2. The van der Waals surface area contributed by atoms with Crippen LogP contribution in [0.1, 0.15) is 12.0 Å². The zero-order chi connectivity index (χ0) is 13.5. The third kappa shape index (κ3) is 4.73. The third-order valence-corrected chi connectivity index (χ3v) is 4.26. The smallest absolute Gasteiger partial charge is 0.161 e. The second-order valence-corrected chi connectivity index (χ2v) is 6.07. The molecule has 0 aliphatic carbocycles. The molecule has 1 atom stereocenters. The molecular formula is C16H15ClOS. The van der Waals surface area contributed by atoms with Crippen LogP contribution in [0.15, 0.2) is 65.6 Å². The maximum absolute atomic E-state index is 12.0.